The van der Waals surface area contributed by atoms with Crippen molar-refractivity contribution >= 4 is 11.8 Å². The van der Waals surface area contributed by atoms with E-state index >= 15 is 0 Å². The van der Waals surface area contributed by atoms with Crippen molar-refractivity contribution in [3.8, 4) is 0 Å². The Morgan fingerprint density at radius 2 is 1.80 bits per heavy atom. The second-order valence-corrected chi connectivity index (χ2v) is 2.77. The van der Waals surface area contributed by atoms with Crippen molar-refractivity contribution in [1.82, 2.24) is 0 Å². The van der Waals surface area contributed by atoms with Gasteiger partial charge in [-0.05, 0) is 6.92 Å². The number of hydrogen-bond acceptors (Lipinski definition) is 7. The number of ketones is 1. The molecule has 4 N–H and O–H groups in total. The lowest BCUT2D eigenvalue weighted by molar-refractivity contribution is -0.163. The lowest BCUT2D eigenvalue weighted by Crippen LogP contribution is -2.46. The van der Waals surface area contributed by atoms with Crippen LogP contribution in [0.25, 0.3) is 0 Å². The maximum Gasteiger partial charge on any atom is 0.377 e. The Balaban J connectivity index is 4.37. The largest absolute Gasteiger partial charge is 0.460 e. The maximum absolute atomic E-state index is 11.0. The van der Waals surface area contributed by atoms with E-state index in [1.165, 1.54) is 6.92 Å². The Hall–Kier alpha value is -1.02. The first-order valence-corrected chi connectivity index (χ1v) is 4.31. The summed E-state index contributed by atoms with van der Waals surface area (Å²) in [5, 5.41) is 35.5. The van der Waals surface area contributed by atoms with Gasteiger partial charge in [0, 0.05) is 0 Å². The second kappa shape index (κ2) is 6.46. The molecule has 0 rings (SSSR count). The topological polar surface area (TPSA) is 124 Å². The van der Waals surface area contributed by atoms with Gasteiger partial charge in [0.05, 0.1) is 13.2 Å². The predicted octanol–water partition coefficient (Wildman–Crippen LogP) is -2.81. The highest BCUT2D eigenvalue weighted by molar-refractivity contribution is 6.35. The normalized spacial score (nSPS) is 16.6. The van der Waals surface area contributed by atoms with Crippen LogP contribution in [0.5, 0.6) is 0 Å². The molecule has 7 heteroatoms. The summed E-state index contributed by atoms with van der Waals surface area (Å²) in [5.41, 5.74) is 0. The van der Waals surface area contributed by atoms with Gasteiger partial charge < -0.3 is 25.2 Å². The highest BCUT2D eigenvalue weighted by Crippen LogP contribution is 2.02. The summed E-state index contributed by atoms with van der Waals surface area (Å²) in [4.78, 5) is 21.8. The fraction of sp³-hybridized carbons (Fsp3) is 0.750. The van der Waals surface area contributed by atoms with E-state index in [4.69, 9.17) is 20.4 Å². The smallest absolute Gasteiger partial charge is 0.377 e. The van der Waals surface area contributed by atoms with Crippen LogP contribution >= 0.6 is 0 Å². The molecule has 0 saturated carbocycles. The fourth-order valence-corrected chi connectivity index (χ4v) is 0.796. The van der Waals surface area contributed by atoms with Crippen molar-refractivity contribution in [2.75, 3.05) is 13.2 Å². The quantitative estimate of drug-likeness (QED) is 0.282. The average molecular weight is 222 g/mol. The number of esters is 1. The van der Waals surface area contributed by atoms with Gasteiger partial charge in [-0.3, -0.25) is 4.79 Å². The Kier molecular flexibility index (Phi) is 6.02. The van der Waals surface area contributed by atoms with Crippen LogP contribution in [0.15, 0.2) is 0 Å². The number of hydrogen-bond donors (Lipinski definition) is 4. The van der Waals surface area contributed by atoms with E-state index in [0.717, 1.165) is 0 Å². The van der Waals surface area contributed by atoms with Gasteiger partial charge >= 0.3 is 5.97 Å². The molecule has 0 unspecified atom stereocenters. The van der Waals surface area contributed by atoms with E-state index in [1.807, 2.05) is 0 Å². The summed E-state index contributed by atoms with van der Waals surface area (Å²) in [6.07, 6.45) is -5.73. The first-order valence-electron chi connectivity index (χ1n) is 4.31. The molecule has 88 valence electrons. The molecule has 15 heavy (non-hydrogen) atoms. The van der Waals surface area contributed by atoms with E-state index in [0.29, 0.717) is 0 Å². The minimum absolute atomic E-state index is 0.0457. The molecule has 3 atom stereocenters. The van der Waals surface area contributed by atoms with E-state index in [-0.39, 0.29) is 6.61 Å². The highest BCUT2D eigenvalue weighted by atomic mass is 16.5. The molecule has 0 aromatic heterocycles. The Labute approximate surface area is 85.9 Å². The molecule has 0 spiro atoms. The predicted molar refractivity (Wildman–Crippen MR) is 46.7 cm³/mol. The van der Waals surface area contributed by atoms with Crippen molar-refractivity contribution in [2.45, 2.75) is 25.2 Å². The SMILES string of the molecule is CCOC(=O)C(=O)[C@H](O)[C@H](O)[C@H](O)CO. The maximum atomic E-state index is 11.0. The second-order valence-electron chi connectivity index (χ2n) is 2.77. The van der Waals surface area contributed by atoms with Gasteiger partial charge in [-0.15, -0.1) is 0 Å². The van der Waals surface area contributed by atoms with Crippen molar-refractivity contribution in [2.24, 2.45) is 0 Å². The number of aliphatic hydroxyl groups excluding tert-OH is 4. The summed E-state index contributed by atoms with van der Waals surface area (Å²) in [5.74, 6) is -2.66. The first-order chi connectivity index (χ1) is 6.95. The number of carbonyl (C=O) groups is 2. The van der Waals surface area contributed by atoms with Gasteiger partial charge in [-0.25, -0.2) is 4.79 Å². The fourth-order valence-electron chi connectivity index (χ4n) is 0.796. The minimum atomic E-state index is -2.11. The molecular weight excluding hydrogens is 208 g/mol. The van der Waals surface area contributed by atoms with E-state index < -0.39 is 36.7 Å². The number of ether oxygens (including phenoxy) is 1. The average Bonchev–Trinajstić information content (AvgIpc) is 2.25. The number of aliphatic hydroxyl groups is 4. The van der Waals surface area contributed by atoms with Crippen molar-refractivity contribution in [3.63, 3.8) is 0 Å². The van der Waals surface area contributed by atoms with E-state index in [1.54, 1.807) is 0 Å². The Morgan fingerprint density at radius 1 is 1.27 bits per heavy atom. The monoisotopic (exact) mass is 222 g/mol. The van der Waals surface area contributed by atoms with Crippen molar-refractivity contribution in [1.29, 1.82) is 0 Å². The summed E-state index contributed by atoms with van der Waals surface area (Å²) in [6.45, 7) is 0.584. The lowest BCUT2D eigenvalue weighted by atomic mass is 10.1. The molecule has 0 heterocycles. The third-order valence-corrected chi connectivity index (χ3v) is 1.65. The van der Waals surface area contributed by atoms with Gasteiger partial charge in [0.2, 0.25) is 0 Å². The number of carbonyl (C=O) groups excluding carboxylic acids is 2. The zero-order chi connectivity index (χ0) is 12.0. The summed E-state index contributed by atoms with van der Waals surface area (Å²) < 4.78 is 4.28. The molecule has 0 aromatic rings. The molecule has 7 nitrogen and oxygen atoms in total. The van der Waals surface area contributed by atoms with Crippen LogP contribution in [0, 0.1) is 0 Å². The standard InChI is InChI=1S/C8H14O7/c1-2-15-8(14)7(13)6(12)5(11)4(10)3-9/h4-6,9-12H,2-3H2,1H3/t4-,5-,6-/m1/s1. The van der Waals surface area contributed by atoms with Gasteiger partial charge in [0.1, 0.15) is 12.2 Å². The molecule has 0 saturated heterocycles. The van der Waals surface area contributed by atoms with Gasteiger partial charge in [0.15, 0.2) is 6.10 Å². The molecular formula is C8H14O7. The van der Waals surface area contributed by atoms with Crippen LogP contribution in [0.2, 0.25) is 0 Å². The summed E-state index contributed by atoms with van der Waals surface area (Å²) in [7, 11) is 0. The lowest BCUT2D eigenvalue weighted by Gasteiger charge is -2.19. The van der Waals surface area contributed by atoms with Crippen molar-refractivity contribution < 1.29 is 34.8 Å². The zero-order valence-electron chi connectivity index (χ0n) is 8.16. The van der Waals surface area contributed by atoms with Crippen LogP contribution in [0.3, 0.4) is 0 Å². The van der Waals surface area contributed by atoms with Crippen LogP contribution < -0.4 is 0 Å². The molecule has 0 aliphatic rings. The molecule has 0 fully saturated rings. The molecule has 0 aromatic carbocycles. The van der Waals surface area contributed by atoms with Crippen molar-refractivity contribution in [3.05, 3.63) is 0 Å². The van der Waals surface area contributed by atoms with Crippen LogP contribution in [0.4, 0.5) is 0 Å². The zero-order valence-corrected chi connectivity index (χ0v) is 8.16. The first kappa shape index (κ1) is 14.0. The number of rotatable bonds is 6. The summed E-state index contributed by atoms with van der Waals surface area (Å²) >= 11 is 0. The van der Waals surface area contributed by atoms with Gasteiger partial charge in [0.25, 0.3) is 5.78 Å². The molecule has 0 aliphatic heterocycles. The molecule has 0 aliphatic carbocycles. The minimum Gasteiger partial charge on any atom is -0.460 e. The summed E-state index contributed by atoms with van der Waals surface area (Å²) in [6, 6.07) is 0. The van der Waals surface area contributed by atoms with E-state index in [9.17, 15) is 9.59 Å². The van der Waals surface area contributed by atoms with Gasteiger partial charge in [-0.1, -0.05) is 0 Å². The Bertz CT molecular complexity index is 227. The molecule has 0 radical (unpaired) electrons. The molecule has 0 bridgehead atoms. The third kappa shape index (κ3) is 3.92. The van der Waals surface area contributed by atoms with Crippen LogP contribution in [0.1, 0.15) is 6.92 Å². The molecule has 0 amide bonds. The van der Waals surface area contributed by atoms with Crippen LogP contribution in [-0.2, 0) is 14.3 Å². The number of Topliss-reactive ketones (excluding diaryl/α,β-unsaturated/α-hetero) is 1. The third-order valence-electron chi connectivity index (χ3n) is 1.65. The van der Waals surface area contributed by atoms with E-state index in [2.05, 4.69) is 4.74 Å². The highest BCUT2D eigenvalue weighted by Gasteiger charge is 2.34. The van der Waals surface area contributed by atoms with Crippen LogP contribution in [-0.4, -0.2) is 63.7 Å². The van der Waals surface area contributed by atoms with Gasteiger partial charge in [-0.2, -0.15) is 0 Å². The Morgan fingerprint density at radius 3 is 2.20 bits per heavy atom.